The van der Waals surface area contributed by atoms with Crippen LogP contribution in [0.25, 0.3) is 0 Å². The molecule has 2 aromatic rings. The number of hydrogen-bond donors (Lipinski definition) is 0. The van der Waals surface area contributed by atoms with Crippen LogP contribution in [0.1, 0.15) is 18.4 Å². The number of rotatable bonds is 4. The molecular formula is C17H22N4O2S. The lowest BCUT2D eigenvalue weighted by Gasteiger charge is -2.43. The van der Waals surface area contributed by atoms with Crippen LogP contribution < -0.4 is 0 Å². The zero-order chi connectivity index (χ0) is 17.2. The molecular weight excluding hydrogens is 324 g/mol. The summed E-state index contributed by atoms with van der Waals surface area (Å²) in [4.78, 5) is 33.2. The molecule has 2 amide bonds. The molecule has 1 aliphatic rings. The average Bonchev–Trinajstić information content (AvgIpc) is 3.27. The monoisotopic (exact) mass is 346 g/mol. The molecule has 0 saturated carbocycles. The van der Waals surface area contributed by atoms with Crippen molar-refractivity contribution in [3.63, 3.8) is 0 Å². The summed E-state index contributed by atoms with van der Waals surface area (Å²) < 4.78 is 1.86. The van der Waals surface area contributed by atoms with Crippen LogP contribution in [0.4, 0.5) is 0 Å². The number of carbonyl (C=O) groups is 2. The normalized spacial score (nSPS) is 20.8. The molecule has 6 nitrogen and oxygen atoms in total. The van der Waals surface area contributed by atoms with Crippen LogP contribution in [-0.2, 0) is 21.5 Å². The third-order valence-electron chi connectivity index (χ3n) is 4.56. The number of imidazole rings is 1. The molecule has 7 heteroatoms. The predicted octanol–water partition coefficient (Wildman–Crippen LogP) is 1.59. The lowest BCUT2D eigenvalue weighted by molar-refractivity contribution is -0.145. The molecule has 1 aliphatic heterocycles. The molecule has 0 spiro atoms. The summed E-state index contributed by atoms with van der Waals surface area (Å²) in [6.07, 6.45) is 7.06. The highest BCUT2D eigenvalue weighted by Crippen LogP contribution is 2.31. The van der Waals surface area contributed by atoms with Gasteiger partial charge in [0.05, 0.1) is 19.3 Å². The molecule has 3 rings (SSSR count). The van der Waals surface area contributed by atoms with Gasteiger partial charge in [-0.2, -0.15) is 11.3 Å². The maximum Gasteiger partial charge on any atom is 0.250 e. The topological polar surface area (TPSA) is 58.4 Å². The van der Waals surface area contributed by atoms with Gasteiger partial charge in [0.15, 0.2) is 0 Å². The first-order valence-corrected chi connectivity index (χ1v) is 8.96. The molecule has 1 fully saturated rings. The van der Waals surface area contributed by atoms with E-state index < -0.39 is 5.54 Å². The molecule has 0 bridgehead atoms. The van der Waals surface area contributed by atoms with Crippen LogP contribution in [0.5, 0.6) is 0 Å². The number of likely N-dealkylation sites (tertiary alicyclic amines) is 1. The van der Waals surface area contributed by atoms with E-state index in [4.69, 9.17) is 0 Å². The number of carbonyl (C=O) groups excluding carboxylic acids is 2. The zero-order valence-electron chi connectivity index (χ0n) is 14.0. The van der Waals surface area contributed by atoms with Crippen LogP contribution >= 0.6 is 11.3 Å². The maximum atomic E-state index is 12.9. The first-order chi connectivity index (χ1) is 11.5. The highest BCUT2D eigenvalue weighted by Gasteiger charge is 2.45. The van der Waals surface area contributed by atoms with Gasteiger partial charge in [-0.05, 0) is 35.2 Å². The number of thiophene rings is 1. The van der Waals surface area contributed by atoms with Crippen molar-refractivity contribution in [1.29, 1.82) is 0 Å². The standard InChI is InChI=1S/C17H22N4O2S/c1-19(2)16(23)17(21-8-6-18-13-21)5-3-7-20(12-17)15(22)10-14-4-9-24-11-14/h4,6,8-9,11,13H,3,5,7,10,12H2,1-2H3. The molecule has 1 saturated heterocycles. The first-order valence-electron chi connectivity index (χ1n) is 8.02. The highest BCUT2D eigenvalue weighted by atomic mass is 32.1. The fourth-order valence-corrected chi connectivity index (χ4v) is 4.02. The predicted molar refractivity (Wildman–Crippen MR) is 92.7 cm³/mol. The number of nitrogens with zero attached hydrogens (tertiary/aromatic N) is 4. The Labute approximate surface area is 145 Å². The lowest BCUT2D eigenvalue weighted by Crippen LogP contribution is -2.58. The van der Waals surface area contributed by atoms with Crippen LogP contribution in [0.3, 0.4) is 0 Å². The fourth-order valence-electron chi connectivity index (χ4n) is 3.35. The van der Waals surface area contributed by atoms with E-state index in [0.717, 1.165) is 12.0 Å². The van der Waals surface area contributed by atoms with E-state index in [1.807, 2.05) is 32.5 Å². The quantitative estimate of drug-likeness (QED) is 0.845. The Morgan fingerprint density at radius 2 is 2.25 bits per heavy atom. The number of likely N-dealkylation sites (N-methyl/N-ethyl adjacent to an activating group) is 1. The molecule has 0 aromatic carbocycles. The van der Waals surface area contributed by atoms with Crippen molar-refractivity contribution in [3.05, 3.63) is 41.1 Å². The highest BCUT2D eigenvalue weighted by molar-refractivity contribution is 7.08. The second-order valence-corrected chi connectivity index (χ2v) is 7.21. The zero-order valence-corrected chi connectivity index (χ0v) is 14.8. The van der Waals surface area contributed by atoms with Gasteiger partial charge in [-0.3, -0.25) is 9.59 Å². The molecule has 3 heterocycles. The summed E-state index contributed by atoms with van der Waals surface area (Å²) in [5.74, 6) is 0.0812. The number of aromatic nitrogens is 2. The summed E-state index contributed by atoms with van der Waals surface area (Å²) >= 11 is 1.59. The average molecular weight is 346 g/mol. The van der Waals surface area contributed by atoms with Gasteiger partial charge in [-0.15, -0.1) is 0 Å². The van der Waals surface area contributed by atoms with Gasteiger partial charge in [-0.1, -0.05) is 0 Å². The van der Waals surface area contributed by atoms with E-state index in [0.29, 0.717) is 25.9 Å². The minimum absolute atomic E-state index is 0.00790. The minimum atomic E-state index is -0.761. The van der Waals surface area contributed by atoms with Gasteiger partial charge in [0.25, 0.3) is 0 Å². The van der Waals surface area contributed by atoms with Gasteiger partial charge < -0.3 is 14.4 Å². The smallest absolute Gasteiger partial charge is 0.250 e. The van der Waals surface area contributed by atoms with E-state index in [9.17, 15) is 9.59 Å². The molecule has 128 valence electrons. The van der Waals surface area contributed by atoms with Crippen molar-refractivity contribution in [2.45, 2.75) is 24.8 Å². The Balaban J connectivity index is 1.85. The van der Waals surface area contributed by atoms with Crippen LogP contribution in [0.15, 0.2) is 35.5 Å². The Morgan fingerprint density at radius 1 is 1.42 bits per heavy atom. The van der Waals surface area contributed by atoms with Gasteiger partial charge >= 0.3 is 0 Å². The van der Waals surface area contributed by atoms with E-state index in [2.05, 4.69) is 4.98 Å². The fraction of sp³-hybridized carbons (Fsp3) is 0.471. The summed E-state index contributed by atoms with van der Waals surface area (Å²) in [5.41, 5.74) is 0.269. The molecule has 1 atom stereocenters. The van der Waals surface area contributed by atoms with Gasteiger partial charge in [0.2, 0.25) is 11.8 Å². The second-order valence-electron chi connectivity index (χ2n) is 6.43. The Morgan fingerprint density at radius 3 is 2.88 bits per heavy atom. The van der Waals surface area contributed by atoms with Crippen molar-refractivity contribution in [3.8, 4) is 0 Å². The minimum Gasteiger partial charge on any atom is -0.347 e. The van der Waals surface area contributed by atoms with Crippen molar-refractivity contribution in [2.24, 2.45) is 0 Å². The molecule has 24 heavy (non-hydrogen) atoms. The number of piperidine rings is 1. The van der Waals surface area contributed by atoms with Crippen molar-refractivity contribution >= 4 is 23.2 Å². The van der Waals surface area contributed by atoms with Crippen molar-refractivity contribution < 1.29 is 9.59 Å². The summed E-state index contributed by atoms with van der Waals surface area (Å²) in [6.45, 7) is 1.09. The summed E-state index contributed by atoms with van der Waals surface area (Å²) in [5, 5.41) is 3.97. The number of hydrogen-bond acceptors (Lipinski definition) is 4. The molecule has 1 unspecified atom stereocenters. The largest absolute Gasteiger partial charge is 0.347 e. The molecule has 2 aromatic heterocycles. The third kappa shape index (κ3) is 3.08. The number of amides is 2. The SMILES string of the molecule is CN(C)C(=O)C1(n2ccnc2)CCCN(C(=O)Cc2ccsc2)C1. The summed E-state index contributed by atoms with van der Waals surface area (Å²) in [7, 11) is 3.51. The Hall–Kier alpha value is -2.15. The van der Waals surface area contributed by atoms with Crippen molar-refractivity contribution in [2.75, 3.05) is 27.2 Å². The first kappa shape index (κ1) is 16.7. The Kier molecular flexibility index (Phi) is 4.71. The van der Waals surface area contributed by atoms with E-state index in [1.165, 1.54) is 0 Å². The molecule has 0 aliphatic carbocycles. The van der Waals surface area contributed by atoms with Crippen LogP contribution in [-0.4, -0.2) is 58.4 Å². The van der Waals surface area contributed by atoms with E-state index in [-0.39, 0.29) is 11.8 Å². The second kappa shape index (κ2) is 6.76. The van der Waals surface area contributed by atoms with Gasteiger partial charge in [0.1, 0.15) is 5.54 Å². The van der Waals surface area contributed by atoms with Gasteiger partial charge in [-0.25, -0.2) is 4.98 Å². The van der Waals surface area contributed by atoms with Crippen LogP contribution in [0.2, 0.25) is 0 Å². The van der Waals surface area contributed by atoms with Crippen LogP contribution in [0, 0.1) is 0 Å². The van der Waals surface area contributed by atoms with E-state index in [1.54, 1.807) is 42.9 Å². The van der Waals surface area contributed by atoms with E-state index >= 15 is 0 Å². The summed E-state index contributed by atoms with van der Waals surface area (Å²) in [6, 6.07) is 1.97. The van der Waals surface area contributed by atoms with Gasteiger partial charge in [0, 0.05) is 33.0 Å². The molecule has 0 N–H and O–H groups in total. The lowest BCUT2D eigenvalue weighted by atomic mass is 9.86. The maximum absolute atomic E-state index is 12.9. The molecule has 0 radical (unpaired) electrons. The van der Waals surface area contributed by atoms with Crippen molar-refractivity contribution in [1.82, 2.24) is 19.4 Å². The third-order valence-corrected chi connectivity index (χ3v) is 5.29. The Bertz CT molecular complexity index is 696.